The van der Waals surface area contributed by atoms with Crippen LogP contribution in [0.15, 0.2) is 36.5 Å². The summed E-state index contributed by atoms with van der Waals surface area (Å²) in [5.41, 5.74) is 2.03. The number of ether oxygens (including phenoxy) is 5. The Labute approximate surface area is 230 Å². The van der Waals surface area contributed by atoms with Gasteiger partial charge in [0.05, 0.1) is 19.3 Å². The summed E-state index contributed by atoms with van der Waals surface area (Å²) in [5.74, 6) is -0.678. The van der Waals surface area contributed by atoms with Crippen LogP contribution < -0.4 is 0 Å². The van der Waals surface area contributed by atoms with Crippen LogP contribution in [0.4, 0.5) is 0 Å². The van der Waals surface area contributed by atoms with E-state index in [1.807, 2.05) is 0 Å². The van der Waals surface area contributed by atoms with Gasteiger partial charge in [-0.25, -0.2) is 4.79 Å². The zero-order valence-corrected chi connectivity index (χ0v) is 21.9. The molecule has 3 aliphatic heterocycles. The lowest BCUT2D eigenvalue weighted by atomic mass is 9.83. The van der Waals surface area contributed by atoms with Crippen LogP contribution >= 0.6 is 0 Å². The smallest absolute Gasteiger partial charge is 0.334 e. The predicted molar refractivity (Wildman–Crippen MR) is 133 cm³/mol. The number of hydrogen-bond donors (Lipinski definition) is 7. The van der Waals surface area contributed by atoms with Gasteiger partial charge in [0, 0.05) is 17.9 Å². The van der Waals surface area contributed by atoms with Gasteiger partial charge in [0.25, 0.3) is 0 Å². The lowest BCUT2D eigenvalue weighted by molar-refractivity contribution is -0.362. The van der Waals surface area contributed by atoms with Gasteiger partial charge in [-0.1, -0.05) is 25.3 Å². The third kappa shape index (κ3) is 5.07. The van der Waals surface area contributed by atoms with Gasteiger partial charge in [-0.2, -0.15) is 0 Å². The van der Waals surface area contributed by atoms with Crippen molar-refractivity contribution in [1.29, 1.82) is 0 Å². The SMILES string of the molecule is C=C1C(=O)OC2CC(=C)C3CC(O[C@@H]4O[C@H](CO)[C@@H](O)[C@H](O[C@@H]5O[C@H](CO)[C@@H](O)[C@H](O)[C@H]5O)[C@H]4O)C(=C)C3CC12. The Morgan fingerprint density at radius 1 is 0.750 bits per heavy atom. The molecule has 5 unspecified atom stereocenters. The predicted octanol–water partition coefficient (Wildman–Crippen LogP) is -2.36. The largest absolute Gasteiger partial charge is 0.458 e. The molecule has 0 bridgehead atoms. The molecule has 5 fully saturated rings. The van der Waals surface area contributed by atoms with E-state index >= 15 is 0 Å². The van der Waals surface area contributed by atoms with E-state index in [0.29, 0.717) is 30.4 Å². The lowest BCUT2D eigenvalue weighted by Crippen LogP contribution is -2.65. The fraction of sp³-hybridized carbons (Fsp3) is 0.741. The first kappa shape index (κ1) is 29.7. The van der Waals surface area contributed by atoms with Crippen LogP contribution in [0.3, 0.4) is 0 Å². The van der Waals surface area contributed by atoms with Crippen molar-refractivity contribution < 1.29 is 64.2 Å². The van der Waals surface area contributed by atoms with Crippen molar-refractivity contribution in [3.05, 3.63) is 36.5 Å². The zero-order valence-electron chi connectivity index (χ0n) is 21.9. The molecule has 5 aliphatic rings. The van der Waals surface area contributed by atoms with Gasteiger partial charge in [0.1, 0.15) is 54.9 Å². The van der Waals surface area contributed by atoms with Gasteiger partial charge in [-0.15, -0.1) is 0 Å². The molecule has 13 nitrogen and oxygen atoms in total. The molecular formula is C27H38O13. The minimum Gasteiger partial charge on any atom is -0.458 e. The first-order chi connectivity index (χ1) is 19.0. The second-order valence-electron chi connectivity index (χ2n) is 11.3. The second-order valence-corrected chi connectivity index (χ2v) is 11.3. The van der Waals surface area contributed by atoms with E-state index in [-0.39, 0.29) is 23.9 Å². The summed E-state index contributed by atoms with van der Waals surface area (Å²) < 4.78 is 28.3. The maximum atomic E-state index is 12.1. The van der Waals surface area contributed by atoms with Gasteiger partial charge in [-0.3, -0.25) is 0 Å². The van der Waals surface area contributed by atoms with Crippen LogP contribution in [-0.2, 0) is 28.5 Å². The molecule has 40 heavy (non-hydrogen) atoms. The minimum absolute atomic E-state index is 0.0178. The number of fused-ring (bicyclic) bond motifs is 2. The normalized spacial score (nSPS) is 49.4. The summed E-state index contributed by atoms with van der Waals surface area (Å²) in [6.45, 7) is 11.0. The van der Waals surface area contributed by atoms with E-state index < -0.39 is 86.7 Å². The number of hydrogen-bond acceptors (Lipinski definition) is 13. The fourth-order valence-corrected chi connectivity index (χ4v) is 6.61. The number of carbonyl (C=O) groups is 1. The van der Waals surface area contributed by atoms with E-state index in [1.54, 1.807) is 0 Å². The Balaban J connectivity index is 1.30. The fourth-order valence-electron chi connectivity index (χ4n) is 6.61. The highest BCUT2D eigenvalue weighted by molar-refractivity contribution is 5.90. The zero-order chi connectivity index (χ0) is 29.0. The molecule has 15 atom stereocenters. The summed E-state index contributed by atoms with van der Waals surface area (Å²) in [4.78, 5) is 12.1. The number of esters is 1. The van der Waals surface area contributed by atoms with E-state index in [1.165, 1.54) is 0 Å². The molecule has 3 heterocycles. The van der Waals surface area contributed by atoms with E-state index in [4.69, 9.17) is 23.7 Å². The summed E-state index contributed by atoms with van der Waals surface area (Å²) in [6, 6.07) is 0. The summed E-state index contributed by atoms with van der Waals surface area (Å²) >= 11 is 0. The van der Waals surface area contributed by atoms with Crippen molar-refractivity contribution in [3.8, 4) is 0 Å². The van der Waals surface area contributed by atoms with Gasteiger partial charge in [0.15, 0.2) is 12.6 Å². The maximum absolute atomic E-state index is 12.1. The first-order valence-electron chi connectivity index (χ1n) is 13.5. The highest BCUT2D eigenvalue weighted by atomic mass is 16.7. The van der Waals surface area contributed by atoms with Crippen molar-refractivity contribution in [2.24, 2.45) is 17.8 Å². The van der Waals surface area contributed by atoms with Crippen molar-refractivity contribution in [2.45, 2.75) is 92.9 Å². The van der Waals surface area contributed by atoms with E-state index in [9.17, 15) is 40.5 Å². The van der Waals surface area contributed by atoms with Crippen LogP contribution in [0.2, 0.25) is 0 Å². The highest BCUT2D eigenvalue weighted by Crippen LogP contribution is 2.52. The van der Waals surface area contributed by atoms with Gasteiger partial charge < -0.3 is 59.4 Å². The molecule has 0 amide bonds. The summed E-state index contributed by atoms with van der Waals surface area (Å²) in [6.07, 6.45) is -14.8. The van der Waals surface area contributed by atoms with Crippen molar-refractivity contribution in [3.63, 3.8) is 0 Å². The molecule has 224 valence electrons. The number of aliphatic hydroxyl groups excluding tert-OH is 7. The quantitative estimate of drug-likeness (QED) is 0.102. The molecule has 5 rings (SSSR count). The maximum Gasteiger partial charge on any atom is 0.334 e. The molecular weight excluding hydrogens is 532 g/mol. The minimum atomic E-state index is -1.77. The average Bonchev–Trinajstić information content (AvgIpc) is 3.32. The summed E-state index contributed by atoms with van der Waals surface area (Å²) in [7, 11) is 0. The van der Waals surface area contributed by atoms with Crippen molar-refractivity contribution in [1.82, 2.24) is 0 Å². The third-order valence-corrected chi connectivity index (χ3v) is 9.02. The average molecular weight is 571 g/mol. The molecule has 0 aromatic rings. The topological polar surface area (TPSA) is 205 Å². The number of carbonyl (C=O) groups excluding carboxylic acids is 1. The van der Waals surface area contributed by atoms with Gasteiger partial charge in [0.2, 0.25) is 0 Å². The van der Waals surface area contributed by atoms with E-state index in [0.717, 1.165) is 5.57 Å². The van der Waals surface area contributed by atoms with E-state index in [2.05, 4.69) is 19.7 Å². The Bertz CT molecular complexity index is 1010. The molecule has 0 radical (unpaired) electrons. The second kappa shape index (κ2) is 11.5. The number of aliphatic hydroxyl groups is 7. The molecule has 3 saturated heterocycles. The van der Waals surface area contributed by atoms with Crippen LogP contribution in [-0.4, -0.2) is 129 Å². The third-order valence-electron chi connectivity index (χ3n) is 9.02. The highest BCUT2D eigenvalue weighted by Gasteiger charge is 2.53. The lowest BCUT2D eigenvalue weighted by Gasteiger charge is -2.46. The number of rotatable bonds is 6. The Morgan fingerprint density at radius 3 is 2.02 bits per heavy atom. The Morgan fingerprint density at radius 2 is 1.38 bits per heavy atom. The molecule has 0 spiro atoms. The molecule has 2 saturated carbocycles. The monoisotopic (exact) mass is 570 g/mol. The molecule has 7 N–H and O–H groups in total. The molecule has 0 aromatic carbocycles. The van der Waals surface area contributed by atoms with Crippen LogP contribution in [0, 0.1) is 17.8 Å². The van der Waals surface area contributed by atoms with Crippen molar-refractivity contribution in [2.75, 3.05) is 13.2 Å². The van der Waals surface area contributed by atoms with Crippen LogP contribution in [0.5, 0.6) is 0 Å². The Kier molecular flexibility index (Phi) is 8.55. The van der Waals surface area contributed by atoms with Gasteiger partial charge in [-0.05, 0) is 30.3 Å². The Hall–Kier alpha value is -1.75. The molecule has 2 aliphatic carbocycles. The van der Waals surface area contributed by atoms with Crippen LogP contribution in [0.1, 0.15) is 19.3 Å². The molecule has 0 aromatic heterocycles. The summed E-state index contributed by atoms with van der Waals surface area (Å²) in [5, 5.41) is 71.7. The first-order valence-corrected chi connectivity index (χ1v) is 13.5. The molecule has 13 heteroatoms. The van der Waals surface area contributed by atoms with Crippen LogP contribution in [0.25, 0.3) is 0 Å². The van der Waals surface area contributed by atoms with Crippen molar-refractivity contribution >= 4 is 5.97 Å². The standard InChI is InChI=1S/C27H38O13/c1-9-4-16-14(11(3)25(35)36-16)5-13-10(2)15(6-12(9)13)37-27-23(34)24(20(31)18(8-29)39-27)40-26-22(33)21(32)19(30)17(7-28)38-26/h12-24,26-34H,1-8H2/t12?,13?,14?,15?,16?,17-,18-,19-,20-,21+,22-,23-,24+,26+,27-/m1/s1. The van der Waals surface area contributed by atoms with Gasteiger partial charge >= 0.3 is 5.97 Å².